The molecule has 28 heavy (non-hydrogen) atoms. The van der Waals surface area contributed by atoms with Crippen molar-refractivity contribution in [2.75, 3.05) is 13.1 Å². The number of Topliss-reactive ketones (excluding diaryl/α,β-unsaturated/α-hetero) is 1. The SMILES string of the molecule is O=C1CC=C2CN(C(c3ccccc3)(c3ccccc3)c3ccccc3)CC12. The first kappa shape index (κ1) is 17.2. The number of likely N-dealkylation sites (tertiary alicyclic amines) is 1. The second-order valence-electron chi connectivity index (χ2n) is 7.69. The van der Waals surface area contributed by atoms with E-state index in [1.54, 1.807) is 0 Å². The van der Waals surface area contributed by atoms with Crippen LogP contribution in [0.15, 0.2) is 103 Å². The van der Waals surface area contributed by atoms with E-state index < -0.39 is 5.54 Å². The molecule has 1 aliphatic heterocycles. The van der Waals surface area contributed by atoms with Gasteiger partial charge in [-0.2, -0.15) is 0 Å². The Morgan fingerprint density at radius 2 is 1.18 bits per heavy atom. The summed E-state index contributed by atoms with van der Waals surface area (Å²) in [6.07, 6.45) is 2.75. The molecular formula is C26H23NO. The van der Waals surface area contributed by atoms with Gasteiger partial charge < -0.3 is 0 Å². The van der Waals surface area contributed by atoms with Gasteiger partial charge in [0, 0.05) is 19.5 Å². The largest absolute Gasteiger partial charge is 0.299 e. The van der Waals surface area contributed by atoms with E-state index in [1.165, 1.54) is 22.3 Å². The van der Waals surface area contributed by atoms with Crippen LogP contribution >= 0.6 is 0 Å². The molecule has 0 amide bonds. The van der Waals surface area contributed by atoms with Crippen LogP contribution in [-0.4, -0.2) is 23.8 Å². The summed E-state index contributed by atoms with van der Waals surface area (Å²) in [7, 11) is 0. The zero-order valence-corrected chi connectivity index (χ0v) is 15.8. The number of nitrogens with zero attached hydrogens (tertiary/aromatic N) is 1. The van der Waals surface area contributed by atoms with Gasteiger partial charge >= 0.3 is 0 Å². The van der Waals surface area contributed by atoms with E-state index >= 15 is 0 Å². The number of carbonyl (C=O) groups excluding carboxylic acids is 1. The lowest BCUT2D eigenvalue weighted by Crippen LogP contribution is -2.47. The van der Waals surface area contributed by atoms with Crippen molar-refractivity contribution < 1.29 is 4.79 Å². The first-order valence-corrected chi connectivity index (χ1v) is 9.93. The van der Waals surface area contributed by atoms with E-state index in [0.717, 1.165) is 13.1 Å². The average molecular weight is 365 g/mol. The predicted molar refractivity (Wildman–Crippen MR) is 112 cm³/mol. The summed E-state index contributed by atoms with van der Waals surface area (Å²) in [5.74, 6) is 0.413. The number of hydrogen-bond donors (Lipinski definition) is 0. The number of carbonyl (C=O) groups is 1. The molecule has 3 aromatic carbocycles. The van der Waals surface area contributed by atoms with E-state index in [1.807, 2.05) is 0 Å². The van der Waals surface area contributed by atoms with Crippen molar-refractivity contribution in [2.45, 2.75) is 12.0 Å². The minimum absolute atomic E-state index is 0.0514. The van der Waals surface area contributed by atoms with Gasteiger partial charge in [-0.25, -0.2) is 0 Å². The summed E-state index contributed by atoms with van der Waals surface area (Å²) in [6.45, 7) is 1.60. The van der Waals surface area contributed by atoms with Crippen LogP contribution < -0.4 is 0 Å². The topological polar surface area (TPSA) is 20.3 Å². The number of hydrogen-bond acceptors (Lipinski definition) is 2. The van der Waals surface area contributed by atoms with Gasteiger partial charge in [-0.1, -0.05) is 97.1 Å². The molecule has 138 valence electrons. The summed E-state index contributed by atoms with van der Waals surface area (Å²) < 4.78 is 0. The number of ketones is 1. The maximum Gasteiger partial charge on any atom is 0.145 e. The zero-order valence-electron chi connectivity index (χ0n) is 15.8. The van der Waals surface area contributed by atoms with E-state index in [4.69, 9.17) is 0 Å². The van der Waals surface area contributed by atoms with Crippen LogP contribution in [0.25, 0.3) is 0 Å². The van der Waals surface area contributed by atoms with Crippen molar-refractivity contribution in [2.24, 2.45) is 5.92 Å². The lowest BCUT2D eigenvalue weighted by Gasteiger charge is -2.44. The zero-order chi connectivity index (χ0) is 19.0. The number of fused-ring (bicyclic) bond motifs is 1. The molecule has 1 unspecified atom stereocenters. The summed E-state index contributed by atoms with van der Waals surface area (Å²) in [6, 6.07) is 32.1. The molecule has 2 aliphatic rings. The van der Waals surface area contributed by atoms with Crippen molar-refractivity contribution in [1.29, 1.82) is 0 Å². The van der Waals surface area contributed by atoms with Crippen LogP contribution in [0.4, 0.5) is 0 Å². The molecular weight excluding hydrogens is 342 g/mol. The lowest BCUT2D eigenvalue weighted by atomic mass is 9.75. The normalized spacial score (nSPS) is 19.5. The Morgan fingerprint density at radius 1 is 0.714 bits per heavy atom. The molecule has 0 bridgehead atoms. The second kappa shape index (κ2) is 6.88. The summed E-state index contributed by atoms with van der Waals surface area (Å²) in [5, 5.41) is 0. The Labute approximate surface area is 166 Å². The van der Waals surface area contributed by atoms with Gasteiger partial charge in [0.15, 0.2) is 0 Å². The summed E-state index contributed by atoms with van der Waals surface area (Å²) in [5.41, 5.74) is 4.58. The lowest BCUT2D eigenvalue weighted by molar-refractivity contribution is -0.120. The molecule has 0 aromatic heterocycles. The minimum Gasteiger partial charge on any atom is -0.299 e. The van der Waals surface area contributed by atoms with E-state index in [9.17, 15) is 4.79 Å². The van der Waals surface area contributed by atoms with Crippen LogP contribution in [0.3, 0.4) is 0 Å². The first-order chi connectivity index (χ1) is 13.8. The quantitative estimate of drug-likeness (QED) is 0.488. The van der Waals surface area contributed by atoms with Crippen LogP contribution in [0.2, 0.25) is 0 Å². The molecule has 0 saturated carbocycles. The Bertz CT molecular complexity index is 911. The molecule has 3 aromatic rings. The third kappa shape index (κ3) is 2.56. The van der Waals surface area contributed by atoms with Crippen molar-refractivity contribution >= 4 is 5.78 Å². The Morgan fingerprint density at radius 3 is 1.61 bits per heavy atom. The number of allylic oxidation sites excluding steroid dienone is 1. The standard InChI is InChI=1S/C26H23NO/c28-25-17-16-20-18-27(19-24(20)25)26(21-10-4-1-5-11-21,22-12-6-2-7-13-22)23-14-8-3-9-15-23/h1-16,24H,17-19H2. The van der Waals surface area contributed by atoms with Crippen molar-refractivity contribution in [3.63, 3.8) is 0 Å². The molecule has 0 N–H and O–H groups in total. The Kier molecular flexibility index (Phi) is 4.22. The second-order valence-corrected chi connectivity index (χ2v) is 7.69. The van der Waals surface area contributed by atoms with Crippen LogP contribution in [0.1, 0.15) is 23.1 Å². The fraction of sp³-hybridized carbons (Fsp3) is 0.192. The highest BCUT2D eigenvalue weighted by molar-refractivity contribution is 5.89. The van der Waals surface area contributed by atoms with Gasteiger partial charge in [-0.15, -0.1) is 0 Å². The molecule has 1 saturated heterocycles. The summed E-state index contributed by atoms with van der Waals surface area (Å²) >= 11 is 0. The maximum absolute atomic E-state index is 12.5. The molecule has 1 atom stereocenters. The van der Waals surface area contributed by atoms with Crippen LogP contribution in [0, 0.1) is 5.92 Å². The van der Waals surface area contributed by atoms with Gasteiger partial charge in [0.05, 0.1) is 11.5 Å². The molecule has 1 heterocycles. The van der Waals surface area contributed by atoms with Gasteiger partial charge in [0.1, 0.15) is 5.78 Å². The monoisotopic (exact) mass is 365 g/mol. The van der Waals surface area contributed by atoms with Crippen LogP contribution in [0.5, 0.6) is 0 Å². The molecule has 0 radical (unpaired) electrons. The highest BCUT2D eigenvalue weighted by Crippen LogP contribution is 2.46. The average Bonchev–Trinajstić information content (AvgIpc) is 3.33. The first-order valence-electron chi connectivity index (χ1n) is 9.93. The fourth-order valence-electron chi connectivity index (χ4n) is 4.96. The number of rotatable bonds is 4. The fourth-order valence-corrected chi connectivity index (χ4v) is 4.96. The van der Waals surface area contributed by atoms with Crippen LogP contribution in [-0.2, 0) is 10.3 Å². The molecule has 0 spiro atoms. The van der Waals surface area contributed by atoms with E-state index in [0.29, 0.717) is 12.2 Å². The van der Waals surface area contributed by atoms with E-state index in [2.05, 4.69) is 102 Å². The van der Waals surface area contributed by atoms with Crippen molar-refractivity contribution in [3.8, 4) is 0 Å². The van der Waals surface area contributed by atoms with Gasteiger partial charge in [0.25, 0.3) is 0 Å². The van der Waals surface area contributed by atoms with Gasteiger partial charge in [-0.3, -0.25) is 9.69 Å². The smallest absolute Gasteiger partial charge is 0.145 e. The Balaban J connectivity index is 1.77. The third-order valence-corrected chi connectivity index (χ3v) is 6.23. The summed E-state index contributed by atoms with van der Waals surface area (Å²) in [4.78, 5) is 15.0. The minimum atomic E-state index is -0.421. The van der Waals surface area contributed by atoms with Crippen molar-refractivity contribution in [3.05, 3.63) is 119 Å². The highest BCUT2D eigenvalue weighted by Gasteiger charge is 2.48. The van der Waals surface area contributed by atoms with Gasteiger partial charge in [-0.05, 0) is 22.3 Å². The van der Waals surface area contributed by atoms with Crippen molar-refractivity contribution in [1.82, 2.24) is 4.90 Å². The number of benzene rings is 3. The van der Waals surface area contributed by atoms with E-state index in [-0.39, 0.29) is 5.92 Å². The molecule has 2 heteroatoms. The van der Waals surface area contributed by atoms with Gasteiger partial charge in [0.2, 0.25) is 0 Å². The molecule has 1 aliphatic carbocycles. The molecule has 5 rings (SSSR count). The maximum atomic E-state index is 12.5. The molecule has 1 fully saturated rings. The highest BCUT2D eigenvalue weighted by atomic mass is 16.1. The Hall–Kier alpha value is -2.97. The molecule has 2 nitrogen and oxygen atoms in total. The predicted octanol–water partition coefficient (Wildman–Crippen LogP) is 4.81. The third-order valence-electron chi connectivity index (χ3n) is 6.23.